The minimum atomic E-state index is 0.00202. The Morgan fingerprint density at radius 2 is 2.29 bits per heavy atom. The largest absolute Gasteiger partial charge is 0.333 e. The first-order chi connectivity index (χ1) is 10.3. The molecule has 2 amide bonds. The molecule has 0 radical (unpaired) electrons. The molecule has 0 bridgehead atoms. The van der Waals surface area contributed by atoms with Crippen molar-refractivity contribution in [1.29, 1.82) is 0 Å². The molecular weight excluding hydrogens is 286 g/mol. The summed E-state index contributed by atoms with van der Waals surface area (Å²) in [5.41, 5.74) is 1.11. The monoisotopic (exact) mass is 303 g/mol. The third-order valence-corrected chi connectivity index (χ3v) is 4.92. The Balaban J connectivity index is 1.26. The molecule has 21 heavy (non-hydrogen) atoms. The number of thiophene rings is 1. The number of carbonyl (C=O) groups excluding carboxylic acids is 1. The summed E-state index contributed by atoms with van der Waals surface area (Å²) >= 11 is 1.66. The summed E-state index contributed by atoms with van der Waals surface area (Å²) in [4.78, 5) is 15.0. The van der Waals surface area contributed by atoms with Gasteiger partial charge >= 0.3 is 6.03 Å². The van der Waals surface area contributed by atoms with Gasteiger partial charge in [0.2, 0.25) is 0 Å². The van der Waals surface area contributed by atoms with Gasteiger partial charge in [-0.1, -0.05) is 11.3 Å². The van der Waals surface area contributed by atoms with Crippen LogP contribution in [0.15, 0.2) is 23.7 Å². The Morgan fingerprint density at radius 3 is 3.00 bits per heavy atom. The molecule has 2 fully saturated rings. The number of hydrogen-bond donors (Lipinski definition) is 1. The minimum absolute atomic E-state index is 0.00202. The summed E-state index contributed by atoms with van der Waals surface area (Å²) in [6.07, 6.45) is 4.52. The van der Waals surface area contributed by atoms with Crippen LogP contribution in [0.4, 0.5) is 4.79 Å². The van der Waals surface area contributed by atoms with Crippen molar-refractivity contribution in [3.8, 4) is 0 Å². The van der Waals surface area contributed by atoms with Crippen molar-refractivity contribution in [2.45, 2.75) is 31.3 Å². The van der Waals surface area contributed by atoms with Crippen LogP contribution in [0.25, 0.3) is 0 Å². The number of nitrogens with zero attached hydrogens (tertiary/aromatic N) is 4. The van der Waals surface area contributed by atoms with E-state index in [-0.39, 0.29) is 12.1 Å². The maximum atomic E-state index is 12.0. The van der Waals surface area contributed by atoms with Gasteiger partial charge in [-0.05, 0) is 24.3 Å². The molecule has 2 aliphatic rings. The van der Waals surface area contributed by atoms with Crippen molar-refractivity contribution < 1.29 is 4.79 Å². The molecule has 1 aliphatic carbocycles. The molecule has 0 unspecified atom stereocenters. The van der Waals surface area contributed by atoms with Crippen molar-refractivity contribution in [3.05, 3.63) is 34.3 Å². The zero-order chi connectivity index (χ0) is 14.2. The van der Waals surface area contributed by atoms with Crippen LogP contribution in [-0.4, -0.2) is 39.0 Å². The van der Waals surface area contributed by atoms with Gasteiger partial charge in [0.05, 0.1) is 18.3 Å². The lowest BCUT2D eigenvalue weighted by atomic mass is 10.1. The lowest BCUT2D eigenvalue weighted by Gasteiger charge is -2.38. The Bertz CT molecular complexity index is 628. The maximum absolute atomic E-state index is 12.0. The normalized spacial score (nSPS) is 18.6. The molecule has 1 saturated heterocycles. The molecule has 4 rings (SSSR count). The predicted molar refractivity (Wildman–Crippen MR) is 79.2 cm³/mol. The van der Waals surface area contributed by atoms with E-state index in [0.717, 1.165) is 5.69 Å². The second-order valence-electron chi connectivity index (χ2n) is 5.69. The second-order valence-corrected chi connectivity index (χ2v) is 6.73. The van der Waals surface area contributed by atoms with E-state index >= 15 is 0 Å². The van der Waals surface area contributed by atoms with Crippen molar-refractivity contribution >= 4 is 17.4 Å². The molecule has 0 spiro atoms. The molecule has 7 heteroatoms. The highest BCUT2D eigenvalue weighted by Crippen LogP contribution is 2.39. The van der Waals surface area contributed by atoms with Crippen LogP contribution in [0, 0.1) is 0 Å². The Morgan fingerprint density at radius 1 is 1.43 bits per heavy atom. The highest BCUT2D eigenvalue weighted by Gasteiger charge is 2.34. The minimum Gasteiger partial charge on any atom is -0.333 e. The van der Waals surface area contributed by atoms with Crippen molar-refractivity contribution in [2.24, 2.45) is 0 Å². The topological polar surface area (TPSA) is 63.1 Å². The van der Waals surface area contributed by atoms with Crippen LogP contribution in [0.2, 0.25) is 0 Å². The quantitative estimate of drug-likeness (QED) is 0.939. The summed E-state index contributed by atoms with van der Waals surface area (Å²) in [7, 11) is 0. The Kier molecular flexibility index (Phi) is 3.14. The van der Waals surface area contributed by atoms with Gasteiger partial charge in [-0.15, -0.1) is 16.4 Å². The molecule has 110 valence electrons. The summed E-state index contributed by atoms with van der Waals surface area (Å²) in [6, 6.07) is 4.30. The smallest absolute Gasteiger partial charge is 0.317 e. The zero-order valence-corrected chi connectivity index (χ0v) is 12.4. The molecule has 0 aromatic carbocycles. The van der Waals surface area contributed by atoms with Crippen LogP contribution in [0.1, 0.15) is 35.4 Å². The number of aromatic nitrogens is 3. The van der Waals surface area contributed by atoms with E-state index in [1.165, 1.54) is 17.7 Å². The summed E-state index contributed by atoms with van der Waals surface area (Å²) < 4.78 is 1.91. The van der Waals surface area contributed by atoms with Gasteiger partial charge in [-0.3, -0.25) is 0 Å². The molecular formula is C14H17N5OS. The van der Waals surface area contributed by atoms with E-state index in [1.54, 1.807) is 11.3 Å². The van der Waals surface area contributed by atoms with Gasteiger partial charge in [0.1, 0.15) is 0 Å². The van der Waals surface area contributed by atoms with E-state index in [4.69, 9.17) is 0 Å². The number of hydrogen-bond acceptors (Lipinski definition) is 4. The highest BCUT2D eigenvalue weighted by atomic mass is 32.1. The number of likely N-dealkylation sites (tertiary alicyclic amines) is 1. The fourth-order valence-electron chi connectivity index (χ4n) is 2.51. The number of rotatable bonds is 4. The first-order valence-corrected chi connectivity index (χ1v) is 8.14. The fraction of sp³-hybridized carbons (Fsp3) is 0.500. The molecule has 0 atom stereocenters. The third-order valence-electron chi connectivity index (χ3n) is 4.04. The molecule has 1 saturated carbocycles. The first-order valence-electron chi connectivity index (χ1n) is 7.26. The average molecular weight is 303 g/mol. The van der Waals surface area contributed by atoms with E-state index in [9.17, 15) is 4.79 Å². The lowest BCUT2D eigenvalue weighted by Crippen LogP contribution is -2.54. The highest BCUT2D eigenvalue weighted by molar-refractivity contribution is 7.09. The molecule has 1 N–H and O–H groups in total. The van der Waals surface area contributed by atoms with Gasteiger partial charge in [-0.2, -0.15) is 0 Å². The van der Waals surface area contributed by atoms with Gasteiger partial charge in [0, 0.05) is 30.1 Å². The van der Waals surface area contributed by atoms with E-state index in [0.29, 0.717) is 25.6 Å². The van der Waals surface area contributed by atoms with E-state index < -0.39 is 0 Å². The number of carbonyl (C=O) groups is 1. The second kappa shape index (κ2) is 5.14. The standard InChI is InChI=1S/C14H17N5OS/c20-14(15-6-12-2-1-5-21-12)18-7-11(8-18)19-9-13(16-17-19)10-3-4-10/h1-2,5,9-11H,3-4,6-8H2,(H,15,20). The molecule has 2 aromatic rings. The third kappa shape index (κ3) is 2.65. The maximum Gasteiger partial charge on any atom is 0.317 e. The molecule has 3 heterocycles. The van der Waals surface area contributed by atoms with Gasteiger partial charge in [0.25, 0.3) is 0 Å². The fourth-order valence-corrected chi connectivity index (χ4v) is 3.16. The van der Waals surface area contributed by atoms with Crippen molar-refractivity contribution in [1.82, 2.24) is 25.2 Å². The van der Waals surface area contributed by atoms with Crippen molar-refractivity contribution in [2.75, 3.05) is 13.1 Å². The van der Waals surface area contributed by atoms with Gasteiger partial charge in [-0.25, -0.2) is 9.48 Å². The SMILES string of the molecule is O=C(NCc1cccs1)N1CC(n2cc(C3CC3)nn2)C1. The number of urea groups is 1. The molecule has 1 aliphatic heterocycles. The van der Waals surface area contributed by atoms with Gasteiger partial charge in [0.15, 0.2) is 0 Å². The van der Waals surface area contributed by atoms with Crippen molar-refractivity contribution in [3.63, 3.8) is 0 Å². The number of nitrogens with one attached hydrogen (secondary N) is 1. The molecule has 2 aromatic heterocycles. The van der Waals surface area contributed by atoms with E-state index in [2.05, 4.69) is 15.6 Å². The van der Waals surface area contributed by atoms with Crippen LogP contribution >= 0.6 is 11.3 Å². The molecule has 6 nitrogen and oxygen atoms in total. The summed E-state index contributed by atoms with van der Waals surface area (Å²) in [5.74, 6) is 0.629. The average Bonchev–Trinajstić information content (AvgIpc) is 2.97. The van der Waals surface area contributed by atoms with Crippen LogP contribution in [0.3, 0.4) is 0 Å². The lowest BCUT2D eigenvalue weighted by molar-refractivity contribution is 0.117. The van der Waals surface area contributed by atoms with Gasteiger partial charge < -0.3 is 10.2 Å². The Hall–Kier alpha value is -1.89. The summed E-state index contributed by atoms with van der Waals surface area (Å²) in [5, 5.41) is 13.4. The van der Waals surface area contributed by atoms with Crippen LogP contribution < -0.4 is 5.32 Å². The summed E-state index contributed by atoms with van der Waals surface area (Å²) in [6.45, 7) is 2.03. The zero-order valence-electron chi connectivity index (χ0n) is 11.6. The number of amides is 2. The van der Waals surface area contributed by atoms with Crippen LogP contribution in [0.5, 0.6) is 0 Å². The first kappa shape index (κ1) is 12.8. The Labute approximate surface area is 126 Å². The predicted octanol–water partition coefficient (Wildman–Crippen LogP) is 1.98. The van der Waals surface area contributed by atoms with E-state index in [1.807, 2.05) is 33.3 Å². The van der Waals surface area contributed by atoms with Crippen LogP contribution in [-0.2, 0) is 6.54 Å².